The van der Waals surface area contributed by atoms with Gasteiger partial charge in [0, 0.05) is 31.2 Å². The lowest BCUT2D eigenvalue weighted by atomic mass is 9.98. The molecule has 0 radical (unpaired) electrons. The molecule has 0 bridgehead atoms. The van der Waals surface area contributed by atoms with E-state index < -0.39 is 10.0 Å². The van der Waals surface area contributed by atoms with Crippen LogP contribution >= 0.6 is 11.6 Å². The number of piperazine rings is 1. The van der Waals surface area contributed by atoms with Crippen molar-refractivity contribution in [2.75, 3.05) is 26.2 Å². The lowest BCUT2D eigenvalue weighted by molar-refractivity contribution is 0.135. The number of hydrogen-bond donors (Lipinski definition) is 0. The van der Waals surface area contributed by atoms with E-state index in [9.17, 15) is 8.42 Å². The second-order valence-corrected chi connectivity index (χ2v) is 11.7. The predicted molar refractivity (Wildman–Crippen MR) is 137 cm³/mol. The van der Waals surface area contributed by atoms with Gasteiger partial charge < -0.3 is 4.74 Å². The topological polar surface area (TPSA) is 75.6 Å². The fourth-order valence-corrected chi connectivity index (χ4v) is 6.48. The molecule has 0 unspecified atom stereocenters. The molecule has 0 N–H and O–H groups in total. The zero-order valence-electron chi connectivity index (χ0n) is 19.9. The van der Waals surface area contributed by atoms with Gasteiger partial charge in [-0.25, -0.2) is 13.4 Å². The molecule has 3 aromatic rings. The summed E-state index contributed by atoms with van der Waals surface area (Å²) in [7, 11) is -3.55. The molecule has 1 aliphatic carbocycles. The van der Waals surface area contributed by atoms with Gasteiger partial charge in [0.1, 0.15) is 11.9 Å². The normalized spacial score (nSPS) is 19.6. The van der Waals surface area contributed by atoms with Crippen molar-refractivity contribution >= 4 is 32.5 Å². The number of benzene rings is 2. The van der Waals surface area contributed by atoms with Gasteiger partial charge in [0.15, 0.2) is 0 Å². The van der Waals surface area contributed by atoms with Gasteiger partial charge in [-0.2, -0.15) is 9.29 Å². The molecule has 0 spiro atoms. The lowest BCUT2D eigenvalue weighted by Crippen LogP contribution is -2.49. The highest BCUT2D eigenvalue weighted by molar-refractivity contribution is 7.89. The van der Waals surface area contributed by atoms with E-state index in [-0.39, 0.29) is 17.0 Å². The van der Waals surface area contributed by atoms with Gasteiger partial charge in [-0.15, -0.1) is 0 Å². The Hall–Kier alpha value is -2.26. The Morgan fingerprint density at radius 3 is 2.34 bits per heavy atom. The third-order valence-corrected chi connectivity index (χ3v) is 9.23. The van der Waals surface area contributed by atoms with Crippen LogP contribution in [-0.4, -0.2) is 59.9 Å². The van der Waals surface area contributed by atoms with E-state index in [0.717, 1.165) is 23.7 Å². The van der Waals surface area contributed by atoms with Crippen LogP contribution in [0.2, 0.25) is 5.02 Å². The molecule has 2 fully saturated rings. The molecular formula is C26H31ClN4O3S. The highest BCUT2D eigenvalue weighted by Gasteiger charge is 2.31. The molecule has 9 heteroatoms. The monoisotopic (exact) mass is 514 g/mol. The molecule has 2 aliphatic rings. The van der Waals surface area contributed by atoms with Crippen LogP contribution in [0.15, 0.2) is 53.4 Å². The van der Waals surface area contributed by atoms with Crippen molar-refractivity contribution in [1.82, 2.24) is 19.2 Å². The lowest BCUT2D eigenvalue weighted by Gasteiger charge is -2.37. The molecule has 1 saturated carbocycles. The fraction of sp³-hybridized carbons (Fsp3) is 0.462. The minimum atomic E-state index is -3.55. The molecule has 5 rings (SSSR count). The SMILES string of the molecule is C[C@H](c1nc(OC2CCCCC2)c2ccccc2n1)N1CCN(S(=O)(=O)c2ccc(Cl)cc2)CC1. The molecule has 1 saturated heterocycles. The summed E-state index contributed by atoms with van der Waals surface area (Å²) in [5.41, 5.74) is 0.874. The van der Waals surface area contributed by atoms with Crippen molar-refractivity contribution in [1.29, 1.82) is 0 Å². The summed E-state index contributed by atoms with van der Waals surface area (Å²) >= 11 is 5.93. The highest BCUT2D eigenvalue weighted by Crippen LogP contribution is 2.30. The molecule has 0 amide bonds. The summed E-state index contributed by atoms with van der Waals surface area (Å²) in [6.45, 7) is 4.10. The average Bonchev–Trinajstić information content (AvgIpc) is 2.89. The van der Waals surface area contributed by atoms with Gasteiger partial charge in [-0.3, -0.25) is 4.90 Å². The first-order valence-corrected chi connectivity index (χ1v) is 14.2. The summed E-state index contributed by atoms with van der Waals surface area (Å²) in [5, 5.41) is 1.46. The second-order valence-electron chi connectivity index (χ2n) is 9.35. The minimum absolute atomic E-state index is 0.0614. The Balaban J connectivity index is 1.32. The van der Waals surface area contributed by atoms with E-state index in [1.165, 1.54) is 19.3 Å². The zero-order chi connectivity index (χ0) is 24.4. The van der Waals surface area contributed by atoms with Crippen LogP contribution < -0.4 is 4.74 Å². The first-order chi connectivity index (χ1) is 16.9. The number of ether oxygens (including phenoxy) is 1. The van der Waals surface area contributed by atoms with E-state index in [2.05, 4.69) is 11.8 Å². The van der Waals surface area contributed by atoms with E-state index in [1.807, 2.05) is 24.3 Å². The number of para-hydroxylation sites is 1. The molecule has 1 atom stereocenters. The Morgan fingerprint density at radius 1 is 0.943 bits per heavy atom. The largest absolute Gasteiger partial charge is 0.474 e. The van der Waals surface area contributed by atoms with Gasteiger partial charge in [-0.05, 0) is 69.0 Å². The first-order valence-electron chi connectivity index (χ1n) is 12.3. The molecule has 35 heavy (non-hydrogen) atoms. The molecule has 1 aromatic heterocycles. The van der Waals surface area contributed by atoms with Crippen LogP contribution in [0.3, 0.4) is 0 Å². The molecule has 7 nitrogen and oxygen atoms in total. The summed E-state index contributed by atoms with van der Waals surface area (Å²) in [4.78, 5) is 12.2. The van der Waals surface area contributed by atoms with Crippen LogP contribution in [0.5, 0.6) is 5.88 Å². The van der Waals surface area contributed by atoms with E-state index in [4.69, 9.17) is 26.3 Å². The quantitative estimate of drug-likeness (QED) is 0.457. The average molecular weight is 515 g/mol. The summed E-state index contributed by atoms with van der Waals surface area (Å²) < 4.78 is 34.0. The maximum Gasteiger partial charge on any atom is 0.243 e. The van der Waals surface area contributed by atoms with Crippen LogP contribution in [0, 0.1) is 0 Å². The van der Waals surface area contributed by atoms with Gasteiger partial charge in [0.25, 0.3) is 0 Å². The Kier molecular flexibility index (Phi) is 7.25. The number of rotatable bonds is 6. The van der Waals surface area contributed by atoms with Crippen molar-refractivity contribution in [3.05, 3.63) is 59.4 Å². The second kappa shape index (κ2) is 10.4. The van der Waals surface area contributed by atoms with E-state index in [0.29, 0.717) is 42.9 Å². The highest BCUT2D eigenvalue weighted by atomic mass is 35.5. The molecule has 186 valence electrons. The number of sulfonamides is 1. The van der Waals surface area contributed by atoms with Gasteiger partial charge in [0.2, 0.25) is 15.9 Å². The van der Waals surface area contributed by atoms with E-state index in [1.54, 1.807) is 28.6 Å². The van der Waals surface area contributed by atoms with Crippen molar-refractivity contribution in [3.8, 4) is 5.88 Å². The Labute approximate surface area is 212 Å². The fourth-order valence-electron chi connectivity index (χ4n) is 4.93. The third-order valence-electron chi connectivity index (χ3n) is 7.06. The number of nitrogens with zero attached hydrogens (tertiary/aromatic N) is 4. The summed E-state index contributed by atoms with van der Waals surface area (Å²) in [6.07, 6.45) is 5.99. The summed E-state index contributed by atoms with van der Waals surface area (Å²) in [6, 6.07) is 14.3. The van der Waals surface area contributed by atoms with Crippen molar-refractivity contribution in [3.63, 3.8) is 0 Å². The van der Waals surface area contributed by atoms with Gasteiger partial charge in [-0.1, -0.05) is 30.2 Å². The number of hydrogen-bond acceptors (Lipinski definition) is 6. The van der Waals surface area contributed by atoms with Crippen molar-refractivity contribution in [2.24, 2.45) is 0 Å². The smallest absolute Gasteiger partial charge is 0.243 e. The third kappa shape index (κ3) is 5.31. The number of aromatic nitrogens is 2. The maximum absolute atomic E-state index is 13.0. The zero-order valence-corrected chi connectivity index (χ0v) is 21.5. The summed E-state index contributed by atoms with van der Waals surface area (Å²) in [5.74, 6) is 1.37. The first kappa shape index (κ1) is 24.4. The van der Waals surface area contributed by atoms with Crippen molar-refractivity contribution < 1.29 is 13.2 Å². The Morgan fingerprint density at radius 2 is 1.63 bits per heavy atom. The molecule has 2 aromatic carbocycles. The van der Waals surface area contributed by atoms with Crippen LogP contribution in [0.1, 0.15) is 50.9 Å². The Bertz CT molecular complexity index is 1270. The minimum Gasteiger partial charge on any atom is -0.474 e. The predicted octanol–water partition coefficient (Wildman–Crippen LogP) is 5.06. The number of fused-ring (bicyclic) bond motifs is 1. The number of halogens is 1. The molecule has 2 heterocycles. The van der Waals surface area contributed by atoms with Gasteiger partial charge in [0.05, 0.1) is 21.8 Å². The molecular weight excluding hydrogens is 484 g/mol. The van der Waals surface area contributed by atoms with Crippen molar-refractivity contribution in [2.45, 2.75) is 56.1 Å². The maximum atomic E-state index is 13.0. The standard InChI is InChI=1S/C26H31ClN4O3S/c1-19(30-15-17-31(18-16-30)35(32,33)22-13-11-20(27)12-14-22)25-28-24-10-6-5-9-23(24)26(29-25)34-21-7-3-2-4-8-21/h5-6,9-14,19,21H,2-4,7-8,15-18H2,1H3/t19-/m1/s1. The van der Waals surface area contributed by atoms with E-state index >= 15 is 0 Å². The van der Waals surface area contributed by atoms with Crippen LogP contribution in [0.25, 0.3) is 10.9 Å². The van der Waals surface area contributed by atoms with Crippen LogP contribution in [-0.2, 0) is 10.0 Å². The molecule has 1 aliphatic heterocycles. The van der Waals surface area contributed by atoms with Gasteiger partial charge >= 0.3 is 0 Å². The van der Waals surface area contributed by atoms with Crippen LogP contribution in [0.4, 0.5) is 0 Å².